The molecule has 78 valence electrons. The van der Waals surface area contributed by atoms with Gasteiger partial charge in [0.15, 0.2) is 12.4 Å². The summed E-state index contributed by atoms with van der Waals surface area (Å²) in [5, 5.41) is 0. The zero-order valence-corrected chi connectivity index (χ0v) is 8.54. The van der Waals surface area contributed by atoms with E-state index in [0.717, 1.165) is 12.8 Å². The Hall–Kier alpha value is -1.12. The molecular weight excluding hydrogens is 180 g/mol. The van der Waals surface area contributed by atoms with Gasteiger partial charge in [0.2, 0.25) is 0 Å². The van der Waals surface area contributed by atoms with E-state index in [-0.39, 0.29) is 12.4 Å². The van der Waals surface area contributed by atoms with Crippen LogP contribution >= 0.6 is 0 Å². The van der Waals surface area contributed by atoms with Crippen LogP contribution in [-0.2, 0) is 14.3 Å². The van der Waals surface area contributed by atoms with Gasteiger partial charge in [0, 0.05) is 6.92 Å². The molecule has 0 bridgehead atoms. The number of hydrogen-bond donors (Lipinski definition) is 0. The number of hydrogen-bond acceptors (Lipinski definition) is 3. The van der Waals surface area contributed by atoms with Gasteiger partial charge in [-0.15, -0.1) is 0 Å². The van der Waals surface area contributed by atoms with Crippen LogP contribution in [0.2, 0.25) is 0 Å². The van der Waals surface area contributed by atoms with E-state index in [0.29, 0.717) is 0 Å². The molecule has 0 saturated heterocycles. The number of ketones is 1. The first-order valence-electron chi connectivity index (χ1n) is 5.04. The van der Waals surface area contributed by atoms with E-state index in [1.807, 2.05) is 0 Å². The SMILES string of the molecule is CC(=O)OCC(=O)C=C1CCCCC1. The minimum atomic E-state index is -0.402. The van der Waals surface area contributed by atoms with E-state index in [9.17, 15) is 9.59 Å². The summed E-state index contributed by atoms with van der Waals surface area (Å²) < 4.78 is 4.61. The van der Waals surface area contributed by atoms with E-state index < -0.39 is 5.97 Å². The average molecular weight is 196 g/mol. The lowest BCUT2D eigenvalue weighted by atomic mass is 9.94. The third kappa shape index (κ3) is 4.21. The Bertz CT molecular complexity index is 245. The highest BCUT2D eigenvalue weighted by molar-refractivity contribution is 5.92. The summed E-state index contributed by atoms with van der Waals surface area (Å²) in [5.41, 5.74) is 1.20. The molecular formula is C11H16O3. The van der Waals surface area contributed by atoms with Crippen LogP contribution in [0.5, 0.6) is 0 Å². The largest absolute Gasteiger partial charge is 0.457 e. The second-order valence-electron chi connectivity index (χ2n) is 3.61. The van der Waals surface area contributed by atoms with Crippen LogP contribution < -0.4 is 0 Å². The summed E-state index contributed by atoms with van der Waals surface area (Å²) in [7, 11) is 0. The summed E-state index contributed by atoms with van der Waals surface area (Å²) >= 11 is 0. The molecule has 1 rings (SSSR count). The molecule has 0 aromatic heterocycles. The van der Waals surface area contributed by atoms with Crippen LogP contribution in [0.4, 0.5) is 0 Å². The minimum absolute atomic E-state index is 0.0999. The number of ether oxygens (including phenoxy) is 1. The van der Waals surface area contributed by atoms with Gasteiger partial charge in [-0.3, -0.25) is 9.59 Å². The van der Waals surface area contributed by atoms with Gasteiger partial charge in [-0.25, -0.2) is 0 Å². The Morgan fingerprint density at radius 3 is 2.50 bits per heavy atom. The Kier molecular flexibility index (Phi) is 4.36. The number of carbonyl (C=O) groups excluding carboxylic acids is 2. The predicted molar refractivity (Wildman–Crippen MR) is 52.8 cm³/mol. The van der Waals surface area contributed by atoms with Crippen LogP contribution in [0.1, 0.15) is 39.0 Å². The van der Waals surface area contributed by atoms with Gasteiger partial charge >= 0.3 is 5.97 Å². The molecule has 0 radical (unpaired) electrons. The average Bonchev–Trinajstić information content (AvgIpc) is 2.16. The summed E-state index contributed by atoms with van der Waals surface area (Å²) in [6.07, 6.45) is 7.29. The molecule has 0 aromatic rings. The van der Waals surface area contributed by atoms with Crippen molar-refractivity contribution in [1.82, 2.24) is 0 Å². The molecule has 1 saturated carbocycles. The van der Waals surface area contributed by atoms with Gasteiger partial charge < -0.3 is 4.74 Å². The predicted octanol–water partition coefficient (Wildman–Crippen LogP) is 2.01. The number of esters is 1. The fourth-order valence-corrected chi connectivity index (χ4v) is 1.59. The highest BCUT2D eigenvalue weighted by Crippen LogP contribution is 2.22. The Labute approximate surface area is 84.1 Å². The third-order valence-electron chi connectivity index (χ3n) is 2.28. The van der Waals surface area contributed by atoms with Gasteiger partial charge in [-0.2, -0.15) is 0 Å². The van der Waals surface area contributed by atoms with Crippen molar-refractivity contribution in [2.75, 3.05) is 6.61 Å². The molecule has 0 atom stereocenters. The second-order valence-corrected chi connectivity index (χ2v) is 3.61. The lowest BCUT2D eigenvalue weighted by Gasteiger charge is -2.12. The summed E-state index contributed by atoms with van der Waals surface area (Å²) in [5.74, 6) is -0.502. The van der Waals surface area contributed by atoms with Crippen LogP contribution in [-0.4, -0.2) is 18.4 Å². The molecule has 0 amide bonds. The Balaban J connectivity index is 2.33. The first-order chi connectivity index (χ1) is 6.68. The lowest BCUT2D eigenvalue weighted by molar-refractivity contribution is -0.144. The van der Waals surface area contributed by atoms with Crippen molar-refractivity contribution < 1.29 is 14.3 Å². The molecule has 3 heteroatoms. The van der Waals surface area contributed by atoms with Crippen molar-refractivity contribution in [3.05, 3.63) is 11.6 Å². The second kappa shape index (κ2) is 5.58. The normalized spacial score (nSPS) is 16.2. The number of rotatable bonds is 3. The molecule has 14 heavy (non-hydrogen) atoms. The maximum Gasteiger partial charge on any atom is 0.303 e. The summed E-state index contributed by atoms with van der Waals surface area (Å²) in [4.78, 5) is 21.7. The fraction of sp³-hybridized carbons (Fsp3) is 0.636. The first kappa shape index (κ1) is 11.0. The minimum Gasteiger partial charge on any atom is -0.457 e. The van der Waals surface area contributed by atoms with Gasteiger partial charge in [0.25, 0.3) is 0 Å². The molecule has 1 fully saturated rings. The summed E-state index contributed by atoms with van der Waals surface area (Å²) in [6.45, 7) is 1.19. The standard InChI is InChI=1S/C11H16O3/c1-9(12)14-8-11(13)7-10-5-3-2-4-6-10/h7H,2-6,8H2,1H3. The highest BCUT2D eigenvalue weighted by atomic mass is 16.5. The van der Waals surface area contributed by atoms with Crippen molar-refractivity contribution in [2.24, 2.45) is 0 Å². The molecule has 1 aliphatic rings. The Morgan fingerprint density at radius 1 is 1.29 bits per heavy atom. The maximum absolute atomic E-state index is 11.3. The molecule has 0 aromatic carbocycles. The van der Waals surface area contributed by atoms with Gasteiger partial charge in [0.05, 0.1) is 0 Å². The Morgan fingerprint density at radius 2 is 1.93 bits per heavy atom. The third-order valence-corrected chi connectivity index (χ3v) is 2.28. The van der Waals surface area contributed by atoms with Crippen molar-refractivity contribution in [2.45, 2.75) is 39.0 Å². The van der Waals surface area contributed by atoms with E-state index in [1.165, 1.54) is 31.8 Å². The van der Waals surface area contributed by atoms with E-state index in [4.69, 9.17) is 0 Å². The van der Waals surface area contributed by atoms with Crippen molar-refractivity contribution in [1.29, 1.82) is 0 Å². The lowest BCUT2D eigenvalue weighted by Crippen LogP contribution is -2.10. The molecule has 0 spiro atoms. The van der Waals surface area contributed by atoms with Crippen molar-refractivity contribution in [3.63, 3.8) is 0 Å². The molecule has 0 N–H and O–H groups in total. The van der Waals surface area contributed by atoms with Crippen LogP contribution in [0.3, 0.4) is 0 Å². The van der Waals surface area contributed by atoms with Gasteiger partial charge in [0.1, 0.15) is 0 Å². The zero-order chi connectivity index (χ0) is 10.4. The number of allylic oxidation sites excluding steroid dienone is 1. The maximum atomic E-state index is 11.3. The quantitative estimate of drug-likeness (QED) is 0.512. The first-order valence-corrected chi connectivity index (χ1v) is 5.04. The van der Waals surface area contributed by atoms with Crippen LogP contribution in [0, 0.1) is 0 Å². The molecule has 1 aliphatic carbocycles. The van der Waals surface area contributed by atoms with Crippen molar-refractivity contribution >= 4 is 11.8 Å². The van der Waals surface area contributed by atoms with Gasteiger partial charge in [-0.1, -0.05) is 12.0 Å². The van der Waals surface area contributed by atoms with E-state index >= 15 is 0 Å². The number of carbonyl (C=O) groups is 2. The van der Waals surface area contributed by atoms with Crippen molar-refractivity contribution in [3.8, 4) is 0 Å². The smallest absolute Gasteiger partial charge is 0.303 e. The van der Waals surface area contributed by atoms with Crippen LogP contribution in [0.15, 0.2) is 11.6 Å². The zero-order valence-electron chi connectivity index (χ0n) is 8.54. The van der Waals surface area contributed by atoms with Crippen LogP contribution in [0.25, 0.3) is 0 Å². The topological polar surface area (TPSA) is 43.4 Å². The molecule has 0 aliphatic heterocycles. The monoisotopic (exact) mass is 196 g/mol. The van der Waals surface area contributed by atoms with E-state index in [2.05, 4.69) is 4.74 Å². The fourth-order valence-electron chi connectivity index (χ4n) is 1.59. The molecule has 0 unspecified atom stereocenters. The van der Waals surface area contributed by atoms with E-state index in [1.54, 1.807) is 6.08 Å². The molecule has 0 heterocycles. The molecule has 3 nitrogen and oxygen atoms in total. The highest BCUT2D eigenvalue weighted by Gasteiger charge is 2.08. The summed E-state index contributed by atoms with van der Waals surface area (Å²) in [6, 6.07) is 0. The van der Waals surface area contributed by atoms with Gasteiger partial charge in [-0.05, 0) is 31.8 Å².